The number of para-hydroxylation sites is 1. The van der Waals surface area contributed by atoms with Gasteiger partial charge in [-0.15, -0.1) is 0 Å². The summed E-state index contributed by atoms with van der Waals surface area (Å²) in [5, 5.41) is 3.13. The van der Waals surface area contributed by atoms with E-state index in [1.54, 1.807) is 31.2 Å². The Balaban J connectivity index is 2.09. The van der Waals surface area contributed by atoms with E-state index in [2.05, 4.69) is 15.0 Å². The number of nitrogens with one attached hydrogen (secondary N) is 2. The fourth-order valence-electron chi connectivity index (χ4n) is 2.55. The number of nitrogens with zero attached hydrogens (tertiary/aromatic N) is 1. The highest BCUT2D eigenvalue weighted by atomic mass is 35.5. The minimum atomic E-state index is -4.21. The van der Waals surface area contributed by atoms with Crippen LogP contribution in [-0.2, 0) is 10.0 Å². The maximum Gasteiger partial charge on any atom is 0.264 e. The number of amides is 1. The summed E-state index contributed by atoms with van der Waals surface area (Å²) in [6.45, 7) is 2.19. The molecule has 1 heterocycles. The second-order valence-electron chi connectivity index (χ2n) is 5.61. The lowest BCUT2D eigenvalue weighted by atomic mass is 10.1. The predicted molar refractivity (Wildman–Crippen MR) is 102 cm³/mol. The number of sulfonamides is 1. The van der Waals surface area contributed by atoms with Crippen LogP contribution in [0, 0.1) is 5.82 Å². The topological polar surface area (TPSA) is 88.2 Å². The highest BCUT2D eigenvalue weighted by Gasteiger charge is 2.21. The molecule has 0 radical (unpaired) electrons. The van der Waals surface area contributed by atoms with Crippen molar-refractivity contribution < 1.29 is 17.6 Å². The molecule has 0 bridgehead atoms. The predicted octanol–water partition coefficient (Wildman–Crippen LogP) is 3.58. The van der Waals surface area contributed by atoms with Gasteiger partial charge in [0.1, 0.15) is 16.5 Å². The zero-order valence-electron chi connectivity index (χ0n) is 14.2. The van der Waals surface area contributed by atoms with Crippen LogP contribution in [0.5, 0.6) is 0 Å². The number of hydrogen-bond donors (Lipinski definition) is 2. The minimum Gasteiger partial charge on any atom is -0.352 e. The Labute approximate surface area is 160 Å². The largest absolute Gasteiger partial charge is 0.352 e. The molecule has 27 heavy (non-hydrogen) atoms. The highest BCUT2D eigenvalue weighted by molar-refractivity contribution is 7.92. The van der Waals surface area contributed by atoms with Gasteiger partial charge in [0.05, 0.1) is 16.1 Å². The first kappa shape index (κ1) is 19.1. The third-order valence-corrected chi connectivity index (χ3v) is 5.56. The van der Waals surface area contributed by atoms with Gasteiger partial charge in [0.25, 0.3) is 15.9 Å². The highest BCUT2D eigenvalue weighted by Crippen LogP contribution is 2.26. The van der Waals surface area contributed by atoms with E-state index >= 15 is 0 Å². The van der Waals surface area contributed by atoms with Gasteiger partial charge in [-0.2, -0.15) is 0 Å². The molecule has 0 aliphatic heterocycles. The molecular formula is C18H15ClFN3O3S. The Hall–Kier alpha value is -2.71. The molecular weight excluding hydrogens is 393 g/mol. The number of benzene rings is 2. The van der Waals surface area contributed by atoms with E-state index in [1.165, 1.54) is 6.07 Å². The number of anilines is 1. The molecule has 1 amide bonds. The fraction of sp³-hybridized carbons (Fsp3) is 0.111. The molecule has 0 atom stereocenters. The Bertz CT molecular complexity index is 1140. The summed E-state index contributed by atoms with van der Waals surface area (Å²) in [6.07, 6.45) is 0. The molecule has 6 nitrogen and oxygen atoms in total. The lowest BCUT2D eigenvalue weighted by Gasteiger charge is -2.12. The molecule has 2 aromatic carbocycles. The molecule has 0 aliphatic carbocycles. The number of rotatable bonds is 5. The van der Waals surface area contributed by atoms with Gasteiger partial charge in [-0.05, 0) is 37.3 Å². The molecule has 0 fully saturated rings. The van der Waals surface area contributed by atoms with Crippen molar-refractivity contribution in [3.63, 3.8) is 0 Å². The summed E-state index contributed by atoms with van der Waals surface area (Å²) in [5.41, 5.74) is 0.704. The number of carbonyl (C=O) groups is 1. The van der Waals surface area contributed by atoms with Crippen LogP contribution in [0.2, 0.25) is 5.02 Å². The van der Waals surface area contributed by atoms with Gasteiger partial charge in [-0.3, -0.25) is 9.52 Å². The third kappa shape index (κ3) is 4.01. The average Bonchev–Trinajstić information content (AvgIpc) is 2.62. The van der Waals surface area contributed by atoms with Crippen molar-refractivity contribution in [2.75, 3.05) is 11.3 Å². The van der Waals surface area contributed by atoms with Crippen LogP contribution in [0.15, 0.2) is 53.4 Å². The molecule has 3 rings (SSSR count). The quantitative estimate of drug-likeness (QED) is 0.676. The van der Waals surface area contributed by atoms with Crippen molar-refractivity contribution in [3.8, 4) is 0 Å². The summed E-state index contributed by atoms with van der Waals surface area (Å²) in [7, 11) is -4.21. The number of fused-ring (bicyclic) bond motifs is 1. The number of halogens is 2. The first-order valence-corrected chi connectivity index (χ1v) is 9.84. The third-order valence-electron chi connectivity index (χ3n) is 3.72. The normalized spacial score (nSPS) is 11.4. The van der Waals surface area contributed by atoms with E-state index < -0.39 is 20.7 Å². The zero-order chi connectivity index (χ0) is 19.6. The monoisotopic (exact) mass is 407 g/mol. The minimum absolute atomic E-state index is 0.0738. The first-order chi connectivity index (χ1) is 12.8. The van der Waals surface area contributed by atoms with Gasteiger partial charge in [0, 0.05) is 11.9 Å². The van der Waals surface area contributed by atoms with Gasteiger partial charge in [-0.1, -0.05) is 29.8 Å². The Morgan fingerprint density at radius 1 is 1.19 bits per heavy atom. The SMILES string of the molecule is CCNC(=O)c1cc(NS(=O)(=O)c2cc(F)ccc2Cl)nc2ccccc12. The number of carbonyl (C=O) groups excluding carboxylic acids is 1. The van der Waals surface area contributed by atoms with Crippen molar-refractivity contribution in [2.45, 2.75) is 11.8 Å². The maximum absolute atomic E-state index is 13.5. The molecule has 0 aliphatic rings. The van der Waals surface area contributed by atoms with Crippen molar-refractivity contribution >= 4 is 44.3 Å². The van der Waals surface area contributed by atoms with E-state index in [4.69, 9.17) is 11.6 Å². The summed E-state index contributed by atoms with van der Waals surface area (Å²) in [5.74, 6) is -1.18. The van der Waals surface area contributed by atoms with Crippen molar-refractivity contribution in [2.24, 2.45) is 0 Å². The van der Waals surface area contributed by atoms with E-state index in [0.717, 1.165) is 18.2 Å². The van der Waals surface area contributed by atoms with E-state index in [-0.39, 0.29) is 22.3 Å². The Kier molecular flexibility index (Phi) is 5.29. The van der Waals surface area contributed by atoms with Crippen LogP contribution in [0.25, 0.3) is 10.9 Å². The molecule has 0 saturated carbocycles. The van der Waals surface area contributed by atoms with Crippen LogP contribution in [0.4, 0.5) is 10.2 Å². The van der Waals surface area contributed by atoms with Crippen LogP contribution in [0.3, 0.4) is 0 Å². The van der Waals surface area contributed by atoms with Crippen LogP contribution < -0.4 is 10.0 Å². The molecule has 0 spiro atoms. The van der Waals surface area contributed by atoms with E-state index in [1.807, 2.05) is 0 Å². The molecule has 9 heteroatoms. The second-order valence-corrected chi connectivity index (χ2v) is 7.67. The van der Waals surface area contributed by atoms with E-state index in [9.17, 15) is 17.6 Å². The van der Waals surface area contributed by atoms with Crippen molar-refractivity contribution in [3.05, 3.63) is 64.9 Å². The van der Waals surface area contributed by atoms with Gasteiger partial charge >= 0.3 is 0 Å². The van der Waals surface area contributed by atoms with Crippen LogP contribution >= 0.6 is 11.6 Å². The van der Waals surface area contributed by atoms with Gasteiger partial charge in [0.2, 0.25) is 0 Å². The smallest absolute Gasteiger partial charge is 0.264 e. The molecule has 2 N–H and O–H groups in total. The van der Waals surface area contributed by atoms with Gasteiger partial charge in [-0.25, -0.2) is 17.8 Å². The number of pyridine rings is 1. The van der Waals surface area contributed by atoms with Crippen molar-refractivity contribution in [1.29, 1.82) is 0 Å². The van der Waals surface area contributed by atoms with Crippen LogP contribution in [-0.4, -0.2) is 25.9 Å². The number of hydrogen-bond acceptors (Lipinski definition) is 4. The van der Waals surface area contributed by atoms with Crippen molar-refractivity contribution in [1.82, 2.24) is 10.3 Å². The maximum atomic E-state index is 13.5. The zero-order valence-corrected chi connectivity index (χ0v) is 15.7. The average molecular weight is 408 g/mol. The molecule has 3 aromatic rings. The summed E-state index contributed by atoms with van der Waals surface area (Å²) < 4.78 is 41.0. The summed E-state index contributed by atoms with van der Waals surface area (Å²) in [4.78, 5) is 16.2. The molecule has 140 valence electrons. The fourth-order valence-corrected chi connectivity index (χ4v) is 4.05. The van der Waals surface area contributed by atoms with Crippen LogP contribution in [0.1, 0.15) is 17.3 Å². The lowest BCUT2D eigenvalue weighted by Crippen LogP contribution is -2.23. The van der Waals surface area contributed by atoms with E-state index in [0.29, 0.717) is 17.4 Å². The molecule has 0 saturated heterocycles. The number of aromatic nitrogens is 1. The van der Waals surface area contributed by atoms with Gasteiger partial charge in [0.15, 0.2) is 0 Å². The lowest BCUT2D eigenvalue weighted by molar-refractivity contribution is 0.0957. The standard InChI is InChI=1S/C18H15ClFN3O3S/c1-2-21-18(24)13-10-17(22-15-6-4-3-5-12(13)15)23-27(25,26)16-9-11(20)7-8-14(16)19/h3-10H,2H2,1H3,(H,21,24)(H,22,23). The molecule has 0 unspecified atom stereocenters. The summed E-state index contributed by atoms with van der Waals surface area (Å²) >= 11 is 5.89. The second kappa shape index (κ2) is 7.50. The Morgan fingerprint density at radius 3 is 2.67 bits per heavy atom. The first-order valence-electron chi connectivity index (χ1n) is 7.97. The Morgan fingerprint density at radius 2 is 1.93 bits per heavy atom. The van der Waals surface area contributed by atoms with Gasteiger partial charge < -0.3 is 5.32 Å². The molecule has 1 aromatic heterocycles. The summed E-state index contributed by atoms with van der Waals surface area (Å²) in [6, 6.07) is 11.2.